The lowest BCUT2D eigenvalue weighted by atomic mass is 9.85. The van der Waals surface area contributed by atoms with Crippen LogP contribution in [0.2, 0.25) is 0 Å². The third kappa shape index (κ3) is 2.67. The summed E-state index contributed by atoms with van der Waals surface area (Å²) >= 11 is 0. The number of likely N-dealkylation sites (tertiary alicyclic amines) is 1. The molecule has 3 fully saturated rings. The SMILES string of the molecule is CC1(C)OCC(C)(C(=O)OCCN2C(=O)[C@@H]3C4C=CC(O4)[C@@H]3C2=O)CO1. The van der Waals surface area contributed by atoms with E-state index in [9.17, 15) is 14.4 Å². The minimum absolute atomic E-state index is 0.0433. The monoisotopic (exact) mass is 365 g/mol. The molecule has 0 aromatic heterocycles. The molecule has 0 aromatic carbocycles. The molecule has 2 amide bonds. The summed E-state index contributed by atoms with van der Waals surface area (Å²) in [4.78, 5) is 38.6. The summed E-state index contributed by atoms with van der Waals surface area (Å²) in [5, 5.41) is 0. The number of ether oxygens (including phenoxy) is 4. The molecule has 0 spiro atoms. The number of imide groups is 1. The van der Waals surface area contributed by atoms with Gasteiger partial charge in [-0.05, 0) is 20.8 Å². The first kappa shape index (κ1) is 17.6. The van der Waals surface area contributed by atoms with Crippen molar-refractivity contribution in [1.29, 1.82) is 0 Å². The first-order valence-electron chi connectivity index (χ1n) is 8.86. The van der Waals surface area contributed by atoms with Gasteiger partial charge in [-0.3, -0.25) is 19.3 Å². The van der Waals surface area contributed by atoms with Gasteiger partial charge in [0.15, 0.2) is 5.79 Å². The number of amides is 2. The second kappa shape index (κ2) is 5.87. The molecule has 3 saturated heterocycles. The Balaban J connectivity index is 1.31. The van der Waals surface area contributed by atoms with Crippen molar-refractivity contribution < 1.29 is 33.3 Å². The lowest BCUT2D eigenvalue weighted by Crippen LogP contribution is -2.50. The van der Waals surface area contributed by atoms with Crippen LogP contribution in [0.15, 0.2) is 12.2 Å². The van der Waals surface area contributed by atoms with Crippen molar-refractivity contribution in [2.24, 2.45) is 17.3 Å². The molecule has 2 unspecified atom stereocenters. The molecule has 2 bridgehead atoms. The van der Waals surface area contributed by atoms with E-state index in [0.29, 0.717) is 0 Å². The topological polar surface area (TPSA) is 91.4 Å². The van der Waals surface area contributed by atoms with Crippen molar-refractivity contribution in [2.75, 3.05) is 26.4 Å². The predicted molar refractivity (Wildman–Crippen MR) is 86.6 cm³/mol. The van der Waals surface area contributed by atoms with Crippen LogP contribution < -0.4 is 0 Å². The van der Waals surface area contributed by atoms with Crippen LogP contribution in [0.5, 0.6) is 0 Å². The van der Waals surface area contributed by atoms with Gasteiger partial charge in [0, 0.05) is 0 Å². The molecule has 0 N–H and O–H groups in total. The summed E-state index contributed by atoms with van der Waals surface area (Å²) in [6.45, 7) is 5.67. The lowest BCUT2D eigenvalue weighted by molar-refractivity contribution is -0.281. The molecule has 0 saturated carbocycles. The minimum atomic E-state index is -0.901. The Morgan fingerprint density at radius 1 is 1.12 bits per heavy atom. The molecule has 0 aromatic rings. The molecule has 26 heavy (non-hydrogen) atoms. The smallest absolute Gasteiger partial charge is 0.316 e. The number of nitrogens with zero attached hydrogens (tertiary/aromatic N) is 1. The zero-order chi connectivity index (χ0) is 18.7. The van der Waals surface area contributed by atoms with E-state index >= 15 is 0 Å². The fourth-order valence-corrected chi connectivity index (χ4v) is 3.86. The number of carbonyl (C=O) groups excluding carboxylic acids is 3. The van der Waals surface area contributed by atoms with E-state index < -0.39 is 29.0 Å². The van der Waals surface area contributed by atoms with Crippen LogP contribution in [0.4, 0.5) is 0 Å². The largest absolute Gasteiger partial charge is 0.463 e. The Morgan fingerprint density at radius 2 is 1.65 bits per heavy atom. The molecule has 4 atom stereocenters. The lowest BCUT2D eigenvalue weighted by Gasteiger charge is -2.39. The predicted octanol–water partition coefficient (Wildman–Crippen LogP) is 0.257. The molecular formula is C18H23NO7. The van der Waals surface area contributed by atoms with Crippen molar-refractivity contribution >= 4 is 17.8 Å². The molecule has 8 heteroatoms. The van der Waals surface area contributed by atoms with Crippen LogP contribution in [0.3, 0.4) is 0 Å². The van der Waals surface area contributed by atoms with Crippen LogP contribution >= 0.6 is 0 Å². The van der Waals surface area contributed by atoms with Gasteiger partial charge in [0.05, 0.1) is 43.8 Å². The quantitative estimate of drug-likeness (QED) is 0.401. The Bertz CT molecular complexity index is 645. The van der Waals surface area contributed by atoms with E-state index in [4.69, 9.17) is 18.9 Å². The molecule has 142 valence electrons. The average Bonchev–Trinajstić information content (AvgIpc) is 3.27. The van der Waals surface area contributed by atoms with Crippen LogP contribution in [-0.2, 0) is 33.3 Å². The molecular weight excluding hydrogens is 342 g/mol. The number of rotatable bonds is 4. The van der Waals surface area contributed by atoms with Crippen molar-refractivity contribution in [2.45, 2.75) is 38.8 Å². The number of carbonyl (C=O) groups is 3. The Labute approximate surface area is 151 Å². The van der Waals surface area contributed by atoms with Crippen molar-refractivity contribution in [3.05, 3.63) is 12.2 Å². The molecule has 8 nitrogen and oxygen atoms in total. The molecule has 4 heterocycles. The molecule has 4 aliphatic heterocycles. The van der Waals surface area contributed by atoms with Gasteiger partial charge >= 0.3 is 5.97 Å². The van der Waals surface area contributed by atoms with Gasteiger partial charge in [-0.25, -0.2) is 0 Å². The summed E-state index contributed by atoms with van der Waals surface area (Å²) in [7, 11) is 0. The van der Waals surface area contributed by atoms with Crippen molar-refractivity contribution in [3.8, 4) is 0 Å². The number of hydrogen-bond donors (Lipinski definition) is 0. The van der Waals surface area contributed by atoms with E-state index in [0.717, 1.165) is 0 Å². The van der Waals surface area contributed by atoms with Gasteiger partial charge in [-0.15, -0.1) is 0 Å². The van der Waals surface area contributed by atoms with Crippen LogP contribution in [0.1, 0.15) is 20.8 Å². The molecule has 4 aliphatic rings. The minimum Gasteiger partial charge on any atom is -0.463 e. The summed E-state index contributed by atoms with van der Waals surface area (Å²) in [5.74, 6) is -2.55. The average molecular weight is 365 g/mol. The fourth-order valence-electron chi connectivity index (χ4n) is 3.86. The van der Waals surface area contributed by atoms with Gasteiger partial charge in [0.2, 0.25) is 11.8 Å². The molecule has 0 radical (unpaired) electrons. The zero-order valence-corrected chi connectivity index (χ0v) is 15.1. The van der Waals surface area contributed by atoms with Crippen LogP contribution in [-0.4, -0.2) is 67.0 Å². The maximum absolute atomic E-state index is 12.5. The van der Waals surface area contributed by atoms with Gasteiger partial charge < -0.3 is 18.9 Å². The van der Waals surface area contributed by atoms with Gasteiger partial charge in [0.1, 0.15) is 12.0 Å². The van der Waals surface area contributed by atoms with E-state index in [1.165, 1.54) is 4.90 Å². The zero-order valence-electron chi connectivity index (χ0n) is 15.1. The highest BCUT2D eigenvalue weighted by molar-refractivity contribution is 6.06. The van der Waals surface area contributed by atoms with Crippen LogP contribution in [0.25, 0.3) is 0 Å². The summed E-state index contributed by atoms with van der Waals surface area (Å²) in [6.07, 6.45) is 3.05. The Kier molecular flexibility index (Phi) is 3.98. The number of esters is 1. The van der Waals surface area contributed by atoms with E-state index in [1.54, 1.807) is 20.8 Å². The summed E-state index contributed by atoms with van der Waals surface area (Å²) in [6, 6.07) is 0. The highest BCUT2D eigenvalue weighted by atomic mass is 16.7. The highest BCUT2D eigenvalue weighted by Gasteiger charge is 2.60. The van der Waals surface area contributed by atoms with Crippen molar-refractivity contribution in [3.63, 3.8) is 0 Å². The third-order valence-corrected chi connectivity index (χ3v) is 5.52. The van der Waals surface area contributed by atoms with E-state index in [-0.39, 0.29) is 50.4 Å². The van der Waals surface area contributed by atoms with Gasteiger partial charge in [-0.2, -0.15) is 0 Å². The summed E-state index contributed by atoms with van der Waals surface area (Å²) < 4.78 is 22.0. The second-order valence-corrected chi connectivity index (χ2v) is 8.00. The van der Waals surface area contributed by atoms with Gasteiger partial charge in [0.25, 0.3) is 0 Å². The van der Waals surface area contributed by atoms with E-state index in [1.807, 2.05) is 12.2 Å². The normalized spacial score (nSPS) is 36.5. The third-order valence-electron chi connectivity index (χ3n) is 5.52. The first-order chi connectivity index (χ1) is 12.2. The first-order valence-corrected chi connectivity index (χ1v) is 8.86. The highest BCUT2D eigenvalue weighted by Crippen LogP contribution is 2.44. The van der Waals surface area contributed by atoms with E-state index in [2.05, 4.69) is 0 Å². The number of hydrogen-bond acceptors (Lipinski definition) is 7. The maximum atomic E-state index is 12.5. The summed E-state index contributed by atoms with van der Waals surface area (Å²) in [5.41, 5.74) is -0.901. The molecule has 0 aliphatic carbocycles. The Hall–Kier alpha value is -1.77. The second-order valence-electron chi connectivity index (χ2n) is 8.00. The fraction of sp³-hybridized carbons (Fsp3) is 0.722. The van der Waals surface area contributed by atoms with Crippen LogP contribution in [0, 0.1) is 17.3 Å². The van der Waals surface area contributed by atoms with Gasteiger partial charge in [-0.1, -0.05) is 12.2 Å². The molecule has 4 rings (SSSR count). The Morgan fingerprint density at radius 3 is 2.19 bits per heavy atom. The van der Waals surface area contributed by atoms with Crippen molar-refractivity contribution in [1.82, 2.24) is 4.90 Å². The number of fused-ring (bicyclic) bond motifs is 5. The maximum Gasteiger partial charge on any atom is 0.316 e. The standard InChI is InChI=1S/C18H23NO7/c1-17(2)24-8-18(3,9-25-17)16(22)23-7-6-19-14(20)12-10-4-5-11(26-10)13(12)15(19)21/h4-5,10-13H,6-9H2,1-3H3/t10?,11?,12-,13+.